The quantitative estimate of drug-likeness (QED) is 0.825. The van der Waals surface area contributed by atoms with E-state index in [0.717, 1.165) is 17.4 Å². The predicted octanol–water partition coefficient (Wildman–Crippen LogP) is 0.714. The Kier molecular flexibility index (Phi) is 2.96. The summed E-state index contributed by atoms with van der Waals surface area (Å²) in [4.78, 5) is 27.2. The van der Waals surface area contributed by atoms with Gasteiger partial charge in [-0.25, -0.2) is 13.6 Å². The van der Waals surface area contributed by atoms with Crippen molar-refractivity contribution in [3.63, 3.8) is 0 Å². The van der Waals surface area contributed by atoms with Gasteiger partial charge in [-0.15, -0.1) is 0 Å². The molecule has 0 N–H and O–H groups in total. The number of hydrogen-bond acceptors (Lipinski definition) is 5. The van der Waals surface area contributed by atoms with Crippen LogP contribution in [0.4, 0.5) is 8.78 Å². The molecule has 0 aromatic carbocycles. The van der Waals surface area contributed by atoms with Crippen LogP contribution in [0.1, 0.15) is 37.0 Å². The van der Waals surface area contributed by atoms with Gasteiger partial charge in [0.2, 0.25) is 11.7 Å². The van der Waals surface area contributed by atoms with E-state index in [-0.39, 0.29) is 18.5 Å². The van der Waals surface area contributed by atoms with Crippen molar-refractivity contribution in [3.05, 3.63) is 44.8 Å². The Morgan fingerprint density at radius 3 is 2.75 bits per heavy atom. The minimum absolute atomic E-state index is 0.105. The molecular formula is C11H10F2N4O3. The second-order valence-corrected chi connectivity index (χ2v) is 4.51. The van der Waals surface area contributed by atoms with Crippen LogP contribution in [0.3, 0.4) is 0 Å². The summed E-state index contributed by atoms with van der Waals surface area (Å²) in [5, 5.41) is 3.08. The largest absolute Gasteiger partial charge is 0.337 e. The van der Waals surface area contributed by atoms with E-state index in [4.69, 9.17) is 0 Å². The van der Waals surface area contributed by atoms with Gasteiger partial charge in [0.05, 0.1) is 0 Å². The molecule has 0 aliphatic heterocycles. The number of hydrogen-bond donors (Lipinski definition) is 0. The molecular weight excluding hydrogens is 274 g/mol. The molecule has 9 heteroatoms. The standard InChI is InChI=1S/C11H10F2N4O3/c12-9(13)10-14-7(20-15-10)5-17-8(18)3-4-16(11(17)19)6-1-2-6/h3-4,6,9H,1-2,5H2. The molecule has 0 atom stereocenters. The first-order valence-electron chi connectivity index (χ1n) is 5.99. The van der Waals surface area contributed by atoms with Crippen LogP contribution in [-0.2, 0) is 6.54 Å². The highest BCUT2D eigenvalue weighted by Gasteiger charge is 2.26. The van der Waals surface area contributed by atoms with Gasteiger partial charge in [0, 0.05) is 18.3 Å². The van der Waals surface area contributed by atoms with Crippen LogP contribution in [-0.4, -0.2) is 19.3 Å². The number of halogens is 2. The molecule has 0 amide bonds. The molecule has 2 heterocycles. The topological polar surface area (TPSA) is 82.9 Å². The maximum atomic E-state index is 12.3. The van der Waals surface area contributed by atoms with Gasteiger partial charge in [0.1, 0.15) is 6.54 Å². The minimum Gasteiger partial charge on any atom is -0.337 e. The summed E-state index contributed by atoms with van der Waals surface area (Å²) >= 11 is 0. The van der Waals surface area contributed by atoms with Crippen LogP contribution >= 0.6 is 0 Å². The van der Waals surface area contributed by atoms with Crippen molar-refractivity contribution in [2.45, 2.75) is 31.9 Å². The summed E-state index contributed by atoms with van der Waals surface area (Å²) in [6, 6.07) is 1.36. The molecule has 1 aliphatic carbocycles. The maximum Gasteiger partial charge on any atom is 0.331 e. The normalized spacial score (nSPS) is 14.9. The van der Waals surface area contributed by atoms with Crippen molar-refractivity contribution in [3.8, 4) is 0 Å². The van der Waals surface area contributed by atoms with E-state index in [2.05, 4.69) is 14.7 Å². The third kappa shape index (κ3) is 2.26. The maximum absolute atomic E-state index is 12.3. The average Bonchev–Trinajstić information content (AvgIpc) is 3.12. The third-order valence-corrected chi connectivity index (χ3v) is 3.01. The van der Waals surface area contributed by atoms with E-state index in [1.54, 1.807) is 0 Å². The second-order valence-electron chi connectivity index (χ2n) is 4.51. The van der Waals surface area contributed by atoms with Gasteiger partial charge < -0.3 is 4.52 Å². The van der Waals surface area contributed by atoms with Gasteiger partial charge in [0.15, 0.2) is 0 Å². The molecule has 0 bridgehead atoms. The Labute approximate surface area is 110 Å². The highest BCUT2D eigenvalue weighted by Crippen LogP contribution is 2.32. The van der Waals surface area contributed by atoms with E-state index in [1.807, 2.05) is 0 Å². The molecule has 0 spiro atoms. The molecule has 0 unspecified atom stereocenters. The van der Waals surface area contributed by atoms with Crippen molar-refractivity contribution in [1.29, 1.82) is 0 Å². The van der Waals surface area contributed by atoms with E-state index in [1.165, 1.54) is 16.8 Å². The first kappa shape index (κ1) is 12.7. The Morgan fingerprint density at radius 2 is 2.15 bits per heavy atom. The molecule has 0 radical (unpaired) electrons. The Hall–Kier alpha value is -2.32. The highest BCUT2D eigenvalue weighted by molar-refractivity contribution is 4.96. The smallest absolute Gasteiger partial charge is 0.331 e. The highest BCUT2D eigenvalue weighted by atomic mass is 19.3. The summed E-state index contributed by atoms with van der Waals surface area (Å²) < 4.78 is 31.6. The lowest BCUT2D eigenvalue weighted by atomic mass is 10.5. The number of nitrogens with zero attached hydrogens (tertiary/aromatic N) is 4. The molecule has 2 aromatic heterocycles. The van der Waals surface area contributed by atoms with Crippen LogP contribution < -0.4 is 11.2 Å². The third-order valence-electron chi connectivity index (χ3n) is 3.01. The molecule has 7 nitrogen and oxygen atoms in total. The van der Waals surface area contributed by atoms with Gasteiger partial charge in [-0.1, -0.05) is 5.16 Å². The van der Waals surface area contributed by atoms with Crippen molar-refractivity contribution in [1.82, 2.24) is 19.3 Å². The monoisotopic (exact) mass is 284 g/mol. The Morgan fingerprint density at radius 1 is 1.40 bits per heavy atom. The molecule has 106 valence electrons. The zero-order chi connectivity index (χ0) is 14.3. The van der Waals surface area contributed by atoms with Crippen LogP contribution in [0, 0.1) is 0 Å². The van der Waals surface area contributed by atoms with Gasteiger partial charge in [-0.05, 0) is 12.8 Å². The van der Waals surface area contributed by atoms with Crippen LogP contribution in [0.5, 0.6) is 0 Å². The van der Waals surface area contributed by atoms with Crippen molar-refractivity contribution < 1.29 is 13.3 Å². The van der Waals surface area contributed by atoms with E-state index >= 15 is 0 Å². The van der Waals surface area contributed by atoms with Gasteiger partial charge in [0.25, 0.3) is 5.56 Å². The lowest BCUT2D eigenvalue weighted by Gasteiger charge is -2.06. The second kappa shape index (κ2) is 4.66. The van der Waals surface area contributed by atoms with E-state index in [0.29, 0.717) is 0 Å². The Bertz CT molecular complexity index is 745. The fourth-order valence-corrected chi connectivity index (χ4v) is 1.86. The van der Waals surface area contributed by atoms with Crippen molar-refractivity contribution in [2.24, 2.45) is 0 Å². The molecule has 1 aliphatic rings. The van der Waals surface area contributed by atoms with Crippen molar-refractivity contribution >= 4 is 0 Å². The number of rotatable bonds is 4. The Balaban J connectivity index is 1.95. The lowest BCUT2D eigenvalue weighted by molar-refractivity contribution is 0.136. The summed E-state index contributed by atoms with van der Waals surface area (Å²) in [5.74, 6) is -0.959. The summed E-state index contributed by atoms with van der Waals surface area (Å²) in [7, 11) is 0. The molecule has 1 saturated carbocycles. The summed E-state index contributed by atoms with van der Waals surface area (Å²) in [5.41, 5.74) is -1.04. The molecule has 0 saturated heterocycles. The van der Waals surface area contributed by atoms with Crippen LogP contribution in [0.2, 0.25) is 0 Å². The van der Waals surface area contributed by atoms with Gasteiger partial charge in [-0.3, -0.25) is 13.9 Å². The summed E-state index contributed by atoms with van der Waals surface area (Å²) in [6.07, 6.45) is 0.350. The van der Waals surface area contributed by atoms with Gasteiger partial charge in [-0.2, -0.15) is 4.98 Å². The molecule has 3 rings (SSSR count). The fraction of sp³-hybridized carbons (Fsp3) is 0.455. The van der Waals surface area contributed by atoms with Gasteiger partial charge >= 0.3 is 12.1 Å². The zero-order valence-electron chi connectivity index (χ0n) is 10.2. The number of alkyl halides is 2. The average molecular weight is 284 g/mol. The van der Waals surface area contributed by atoms with E-state index < -0.39 is 23.5 Å². The van der Waals surface area contributed by atoms with Crippen LogP contribution in [0.15, 0.2) is 26.4 Å². The zero-order valence-corrected chi connectivity index (χ0v) is 10.2. The first-order valence-corrected chi connectivity index (χ1v) is 5.99. The first-order chi connectivity index (χ1) is 9.56. The number of aromatic nitrogens is 4. The molecule has 20 heavy (non-hydrogen) atoms. The molecule has 2 aromatic rings. The SMILES string of the molecule is O=c1ccn(C2CC2)c(=O)n1Cc1nc(C(F)F)no1. The van der Waals surface area contributed by atoms with Crippen molar-refractivity contribution in [2.75, 3.05) is 0 Å². The minimum atomic E-state index is -2.86. The van der Waals surface area contributed by atoms with Crippen LogP contribution in [0.25, 0.3) is 0 Å². The summed E-state index contributed by atoms with van der Waals surface area (Å²) in [6.45, 7) is -0.315. The lowest BCUT2D eigenvalue weighted by Crippen LogP contribution is -2.39. The predicted molar refractivity (Wildman–Crippen MR) is 61.6 cm³/mol. The van der Waals surface area contributed by atoms with E-state index in [9.17, 15) is 18.4 Å². The molecule has 1 fully saturated rings. The fourth-order valence-electron chi connectivity index (χ4n) is 1.86.